The number of unbranched alkanes of at least 4 members (excludes halogenated alkanes) is 19. The number of rotatable bonds is 46. The van der Waals surface area contributed by atoms with E-state index in [-0.39, 0.29) is 31.6 Å². The molecule has 368 valence electrons. The molecule has 65 heavy (non-hydrogen) atoms. The number of ether oxygens (including phenoxy) is 3. The maximum atomic E-state index is 12.8. The summed E-state index contributed by atoms with van der Waals surface area (Å²) in [6.07, 6.45) is 70.9. The van der Waals surface area contributed by atoms with E-state index < -0.39 is 12.1 Å². The third-order valence-corrected chi connectivity index (χ3v) is 10.8. The van der Waals surface area contributed by atoms with Gasteiger partial charge in [-0.25, -0.2) is 0 Å². The second kappa shape index (κ2) is 52.7. The molecule has 1 atom stereocenters. The summed E-state index contributed by atoms with van der Waals surface area (Å²) in [5.41, 5.74) is 0. The monoisotopic (exact) mass is 901 g/mol. The molecule has 0 heterocycles. The summed E-state index contributed by atoms with van der Waals surface area (Å²) in [5.74, 6) is -1.04. The molecule has 0 aromatic heterocycles. The number of carbonyl (C=O) groups excluding carboxylic acids is 3. The van der Waals surface area contributed by atoms with Crippen LogP contribution in [0.1, 0.15) is 226 Å². The minimum absolute atomic E-state index is 0.120. The summed E-state index contributed by atoms with van der Waals surface area (Å²) < 4.78 is 16.7. The van der Waals surface area contributed by atoms with Gasteiger partial charge >= 0.3 is 17.9 Å². The first-order valence-electron chi connectivity index (χ1n) is 26.4. The summed E-state index contributed by atoms with van der Waals surface area (Å²) in [6.45, 7) is 6.30. The van der Waals surface area contributed by atoms with E-state index in [2.05, 4.69) is 118 Å². The number of allylic oxidation sites excluding steroid dienone is 18. The number of esters is 3. The van der Waals surface area contributed by atoms with Crippen molar-refractivity contribution in [2.75, 3.05) is 13.2 Å². The zero-order chi connectivity index (χ0) is 47.2. The van der Waals surface area contributed by atoms with Gasteiger partial charge in [-0.2, -0.15) is 0 Å². The number of hydrogen-bond acceptors (Lipinski definition) is 6. The average molecular weight is 901 g/mol. The Morgan fingerprint density at radius 2 is 0.708 bits per heavy atom. The SMILES string of the molecule is CC\C=C/C=C\C=C/CCCCCCCC(=O)OCC(COC(=O)CCCCCCC/C=C\CCCCCCCCCCC)OC(=O)CC/C=C\C/C=C\C/C=C\C/C=C\C/C=C\CC. The molecule has 0 bridgehead atoms. The molecule has 0 saturated heterocycles. The van der Waals surface area contributed by atoms with Crippen LogP contribution in [0.2, 0.25) is 0 Å². The maximum Gasteiger partial charge on any atom is 0.306 e. The van der Waals surface area contributed by atoms with Crippen LogP contribution in [-0.2, 0) is 28.6 Å². The van der Waals surface area contributed by atoms with E-state index >= 15 is 0 Å². The lowest BCUT2D eigenvalue weighted by molar-refractivity contribution is -0.166. The molecule has 0 aliphatic heterocycles. The van der Waals surface area contributed by atoms with Crippen LogP contribution in [0, 0.1) is 0 Å². The van der Waals surface area contributed by atoms with Gasteiger partial charge in [0.15, 0.2) is 6.10 Å². The van der Waals surface area contributed by atoms with Crippen molar-refractivity contribution in [1.29, 1.82) is 0 Å². The predicted molar refractivity (Wildman–Crippen MR) is 279 cm³/mol. The fourth-order valence-corrected chi connectivity index (χ4v) is 6.90. The molecular weight excluding hydrogens is 805 g/mol. The van der Waals surface area contributed by atoms with Gasteiger partial charge in [-0.1, -0.05) is 220 Å². The second-order valence-electron chi connectivity index (χ2n) is 17.1. The van der Waals surface area contributed by atoms with Crippen molar-refractivity contribution in [3.05, 3.63) is 109 Å². The smallest absolute Gasteiger partial charge is 0.306 e. The van der Waals surface area contributed by atoms with E-state index in [1.165, 1.54) is 70.6 Å². The molecule has 0 aromatic carbocycles. The van der Waals surface area contributed by atoms with Crippen LogP contribution in [-0.4, -0.2) is 37.2 Å². The van der Waals surface area contributed by atoms with Crippen LogP contribution in [0.3, 0.4) is 0 Å². The van der Waals surface area contributed by atoms with Crippen molar-refractivity contribution in [1.82, 2.24) is 0 Å². The Bertz CT molecular complexity index is 1360. The summed E-state index contributed by atoms with van der Waals surface area (Å²) in [5, 5.41) is 0. The van der Waals surface area contributed by atoms with Crippen LogP contribution in [0.25, 0.3) is 0 Å². The molecule has 6 nitrogen and oxygen atoms in total. The lowest BCUT2D eigenvalue weighted by Crippen LogP contribution is -2.30. The molecule has 0 rings (SSSR count). The van der Waals surface area contributed by atoms with Crippen LogP contribution in [0.4, 0.5) is 0 Å². The molecule has 6 heteroatoms. The van der Waals surface area contributed by atoms with Gasteiger partial charge in [-0.05, 0) is 96.3 Å². The van der Waals surface area contributed by atoms with Crippen molar-refractivity contribution < 1.29 is 28.6 Å². The first-order chi connectivity index (χ1) is 32.0. The Balaban J connectivity index is 4.52. The van der Waals surface area contributed by atoms with Gasteiger partial charge in [-0.3, -0.25) is 14.4 Å². The van der Waals surface area contributed by atoms with Gasteiger partial charge in [0.05, 0.1) is 0 Å². The molecule has 0 spiro atoms. The summed E-state index contributed by atoms with van der Waals surface area (Å²) >= 11 is 0. The highest BCUT2D eigenvalue weighted by atomic mass is 16.6. The summed E-state index contributed by atoms with van der Waals surface area (Å²) in [7, 11) is 0. The van der Waals surface area contributed by atoms with Gasteiger partial charge in [0.25, 0.3) is 0 Å². The van der Waals surface area contributed by atoms with Crippen molar-refractivity contribution in [3.63, 3.8) is 0 Å². The highest BCUT2D eigenvalue weighted by Gasteiger charge is 2.19. The van der Waals surface area contributed by atoms with Crippen molar-refractivity contribution in [2.45, 2.75) is 232 Å². The third kappa shape index (κ3) is 50.9. The van der Waals surface area contributed by atoms with Gasteiger partial charge in [0.2, 0.25) is 0 Å². The zero-order valence-electron chi connectivity index (χ0n) is 42.0. The topological polar surface area (TPSA) is 78.9 Å². The van der Waals surface area contributed by atoms with Crippen molar-refractivity contribution in [3.8, 4) is 0 Å². The fraction of sp³-hybridized carbons (Fsp3) is 0.644. The van der Waals surface area contributed by atoms with E-state index in [4.69, 9.17) is 14.2 Å². The minimum atomic E-state index is -0.831. The second-order valence-corrected chi connectivity index (χ2v) is 17.1. The molecule has 0 aliphatic rings. The summed E-state index contributed by atoms with van der Waals surface area (Å²) in [4.78, 5) is 38.0. The van der Waals surface area contributed by atoms with E-state index in [9.17, 15) is 14.4 Å². The summed E-state index contributed by atoms with van der Waals surface area (Å²) in [6, 6.07) is 0. The molecule has 0 aromatic rings. The average Bonchev–Trinajstić information content (AvgIpc) is 3.30. The standard InChI is InChI=1S/C59H96O6/c1-4-7-10-13-16-19-22-25-27-29-30-32-34-37-40-43-46-49-52-58(61)64-55-56(54-63-57(60)51-48-45-42-39-36-33-24-21-18-15-12-9-6-3)65-59(62)53-50-47-44-41-38-35-31-28-26-23-20-17-14-11-8-5-2/h8-9,11-12,15,17-18,20-21,24,26,28,30,32,35,38,44,47,56H,4-7,10,13-14,16,19,22-23,25,27,29,31,33-34,36-37,39-43,45-46,48-55H2,1-3H3/b11-8-,12-9-,18-15-,20-17-,24-21-,28-26-,32-30-,38-35-,47-44-. The molecule has 0 fully saturated rings. The zero-order valence-corrected chi connectivity index (χ0v) is 42.0. The van der Waals surface area contributed by atoms with Crippen LogP contribution in [0.5, 0.6) is 0 Å². The van der Waals surface area contributed by atoms with Gasteiger partial charge in [0.1, 0.15) is 13.2 Å². The lowest BCUT2D eigenvalue weighted by Gasteiger charge is -2.18. The molecular formula is C59H96O6. The van der Waals surface area contributed by atoms with Crippen molar-refractivity contribution >= 4 is 17.9 Å². The molecule has 0 amide bonds. The van der Waals surface area contributed by atoms with E-state index in [1.807, 2.05) is 12.2 Å². The largest absolute Gasteiger partial charge is 0.462 e. The van der Waals surface area contributed by atoms with Crippen LogP contribution in [0.15, 0.2) is 109 Å². The number of carbonyl (C=O) groups is 3. The number of hydrogen-bond donors (Lipinski definition) is 0. The first kappa shape index (κ1) is 61.1. The van der Waals surface area contributed by atoms with Gasteiger partial charge < -0.3 is 14.2 Å². The Labute approximate surface area is 400 Å². The Kier molecular flexibility index (Phi) is 49.5. The molecule has 1 unspecified atom stereocenters. The third-order valence-electron chi connectivity index (χ3n) is 10.8. The van der Waals surface area contributed by atoms with E-state index in [0.717, 1.165) is 109 Å². The van der Waals surface area contributed by atoms with E-state index in [1.54, 1.807) is 0 Å². The molecule has 0 saturated carbocycles. The Morgan fingerprint density at radius 1 is 0.338 bits per heavy atom. The normalized spacial score (nSPS) is 13.0. The van der Waals surface area contributed by atoms with Gasteiger partial charge in [0, 0.05) is 19.3 Å². The quantitative estimate of drug-likeness (QED) is 0.0199. The Morgan fingerprint density at radius 3 is 1.17 bits per heavy atom. The lowest BCUT2D eigenvalue weighted by atomic mass is 10.1. The van der Waals surface area contributed by atoms with Crippen LogP contribution >= 0.6 is 0 Å². The van der Waals surface area contributed by atoms with Gasteiger partial charge in [-0.15, -0.1) is 0 Å². The predicted octanol–water partition coefficient (Wildman–Crippen LogP) is 17.5. The Hall–Kier alpha value is -3.93. The van der Waals surface area contributed by atoms with Crippen LogP contribution < -0.4 is 0 Å². The highest BCUT2D eigenvalue weighted by molar-refractivity contribution is 5.71. The maximum absolute atomic E-state index is 12.8. The fourth-order valence-electron chi connectivity index (χ4n) is 6.90. The molecule has 0 aliphatic carbocycles. The molecule has 0 N–H and O–H groups in total. The minimum Gasteiger partial charge on any atom is -0.462 e. The highest BCUT2D eigenvalue weighted by Crippen LogP contribution is 2.13. The van der Waals surface area contributed by atoms with E-state index in [0.29, 0.717) is 19.3 Å². The first-order valence-corrected chi connectivity index (χ1v) is 26.4. The van der Waals surface area contributed by atoms with Crippen molar-refractivity contribution in [2.24, 2.45) is 0 Å². The molecule has 0 radical (unpaired) electrons.